The number of hydrogen-bond donors (Lipinski definition) is 0. The van der Waals surface area contributed by atoms with Gasteiger partial charge in [-0.1, -0.05) is 42.5 Å². The summed E-state index contributed by atoms with van der Waals surface area (Å²) in [4.78, 5) is 5.48. The SMILES string of the molecule is CCOc1cc(C(=S)N2CCN(C)CC2)ccc1OCc1ccccc1. The molecule has 138 valence electrons. The van der Waals surface area contributed by atoms with E-state index in [-0.39, 0.29) is 0 Å². The van der Waals surface area contributed by atoms with Gasteiger partial charge < -0.3 is 19.3 Å². The second-order valence-electron chi connectivity index (χ2n) is 6.46. The van der Waals surface area contributed by atoms with Gasteiger partial charge in [0.1, 0.15) is 11.6 Å². The molecule has 0 atom stereocenters. The molecule has 0 aromatic heterocycles. The second kappa shape index (κ2) is 9.01. The van der Waals surface area contributed by atoms with Crippen LogP contribution in [0.1, 0.15) is 18.1 Å². The maximum atomic E-state index is 5.98. The van der Waals surface area contributed by atoms with E-state index >= 15 is 0 Å². The Morgan fingerprint density at radius 1 is 0.962 bits per heavy atom. The third kappa shape index (κ3) is 4.74. The molecule has 0 saturated carbocycles. The number of hydrogen-bond acceptors (Lipinski definition) is 4. The van der Waals surface area contributed by atoms with E-state index in [1.165, 1.54) is 0 Å². The van der Waals surface area contributed by atoms with E-state index in [4.69, 9.17) is 21.7 Å². The third-order valence-corrected chi connectivity index (χ3v) is 5.01. The van der Waals surface area contributed by atoms with Gasteiger partial charge in [0.2, 0.25) is 0 Å². The molecule has 3 rings (SSSR count). The molecule has 1 aliphatic rings. The van der Waals surface area contributed by atoms with Gasteiger partial charge in [0.05, 0.1) is 6.61 Å². The number of rotatable bonds is 6. The summed E-state index contributed by atoms with van der Waals surface area (Å²) in [7, 11) is 2.15. The monoisotopic (exact) mass is 370 g/mol. The molecule has 0 unspecified atom stereocenters. The molecule has 0 bridgehead atoms. The zero-order chi connectivity index (χ0) is 18.4. The highest BCUT2D eigenvalue weighted by Gasteiger charge is 2.19. The average Bonchev–Trinajstić information content (AvgIpc) is 2.68. The summed E-state index contributed by atoms with van der Waals surface area (Å²) in [6, 6.07) is 16.1. The molecule has 0 spiro atoms. The Morgan fingerprint density at radius 3 is 2.38 bits per heavy atom. The number of benzene rings is 2. The lowest BCUT2D eigenvalue weighted by Crippen LogP contribution is -2.46. The molecular weight excluding hydrogens is 344 g/mol. The van der Waals surface area contributed by atoms with E-state index in [1.807, 2.05) is 43.3 Å². The number of thiocarbonyl (C=S) groups is 1. The number of likely N-dealkylation sites (N-methyl/N-ethyl adjacent to an activating group) is 1. The van der Waals surface area contributed by atoms with Crippen LogP contribution in [0.5, 0.6) is 11.5 Å². The van der Waals surface area contributed by atoms with E-state index in [1.54, 1.807) is 0 Å². The Bertz CT molecular complexity index is 728. The Balaban J connectivity index is 1.72. The molecule has 0 N–H and O–H groups in total. The molecule has 5 heteroatoms. The van der Waals surface area contributed by atoms with E-state index in [2.05, 4.69) is 29.0 Å². The van der Waals surface area contributed by atoms with E-state index in [0.717, 1.165) is 53.8 Å². The van der Waals surface area contributed by atoms with Crippen LogP contribution >= 0.6 is 12.2 Å². The van der Waals surface area contributed by atoms with Crippen LogP contribution in [-0.2, 0) is 6.61 Å². The van der Waals surface area contributed by atoms with Gasteiger partial charge in [0.25, 0.3) is 0 Å². The molecule has 2 aromatic carbocycles. The fraction of sp³-hybridized carbons (Fsp3) is 0.381. The van der Waals surface area contributed by atoms with Crippen LogP contribution in [0, 0.1) is 0 Å². The quantitative estimate of drug-likeness (QED) is 0.724. The maximum Gasteiger partial charge on any atom is 0.161 e. The summed E-state index contributed by atoms with van der Waals surface area (Å²) >= 11 is 5.72. The topological polar surface area (TPSA) is 24.9 Å². The summed E-state index contributed by atoms with van der Waals surface area (Å²) in [5, 5.41) is 0. The molecule has 0 radical (unpaired) electrons. The molecule has 0 amide bonds. The highest BCUT2D eigenvalue weighted by molar-refractivity contribution is 7.80. The van der Waals surface area contributed by atoms with E-state index in [0.29, 0.717) is 13.2 Å². The first-order chi connectivity index (χ1) is 12.7. The van der Waals surface area contributed by atoms with Gasteiger partial charge in [-0.25, -0.2) is 0 Å². The first-order valence-corrected chi connectivity index (χ1v) is 9.49. The van der Waals surface area contributed by atoms with Gasteiger partial charge in [-0.3, -0.25) is 0 Å². The van der Waals surface area contributed by atoms with Crippen molar-refractivity contribution in [3.63, 3.8) is 0 Å². The fourth-order valence-electron chi connectivity index (χ4n) is 2.96. The smallest absolute Gasteiger partial charge is 0.161 e. The van der Waals surface area contributed by atoms with Crippen LogP contribution in [0.15, 0.2) is 48.5 Å². The van der Waals surface area contributed by atoms with Crippen molar-refractivity contribution < 1.29 is 9.47 Å². The molecule has 1 saturated heterocycles. The second-order valence-corrected chi connectivity index (χ2v) is 6.85. The minimum atomic E-state index is 0.517. The summed E-state index contributed by atoms with van der Waals surface area (Å²) in [5.41, 5.74) is 2.15. The minimum Gasteiger partial charge on any atom is -0.490 e. The Kier molecular flexibility index (Phi) is 6.47. The van der Waals surface area contributed by atoms with Crippen LogP contribution in [-0.4, -0.2) is 54.6 Å². The Morgan fingerprint density at radius 2 is 1.69 bits per heavy atom. The van der Waals surface area contributed by atoms with Gasteiger partial charge in [0.15, 0.2) is 11.5 Å². The van der Waals surface area contributed by atoms with Crippen LogP contribution in [0.2, 0.25) is 0 Å². The van der Waals surface area contributed by atoms with Crippen LogP contribution in [0.25, 0.3) is 0 Å². The lowest BCUT2D eigenvalue weighted by molar-refractivity contribution is 0.218. The van der Waals surface area contributed by atoms with Crippen molar-refractivity contribution in [2.24, 2.45) is 0 Å². The van der Waals surface area contributed by atoms with Crippen molar-refractivity contribution in [3.8, 4) is 11.5 Å². The van der Waals surface area contributed by atoms with Gasteiger partial charge >= 0.3 is 0 Å². The van der Waals surface area contributed by atoms with Crippen molar-refractivity contribution >= 4 is 17.2 Å². The van der Waals surface area contributed by atoms with Crippen LogP contribution in [0.4, 0.5) is 0 Å². The maximum absolute atomic E-state index is 5.98. The third-order valence-electron chi connectivity index (χ3n) is 4.52. The van der Waals surface area contributed by atoms with Gasteiger partial charge in [0, 0.05) is 31.7 Å². The van der Waals surface area contributed by atoms with E-state index in [9.17, 15) is 0 Å². The summed E-state index contributed by atoms with van der Waals surface area (Å²) in [5.74, 6) is 1.50. The van der Waals surface area contributed by atoms with Crippen molar-refractivity contribution in [1.29, 1.82) is 0 Å². The molecule has 2 aromatic rings. The lowest BCUT2D eigenvalue weighted by Gasteiger charge is -2.34. The molecule has 26 heavy (non-hydrogen) atoms. The summed E-state index contributed by atoms with van der Waals surface area (Å²) < 4.78 is 11.8. The molecule has 4 nitrogen and oxygen atoms in total. The summed E-state index contributed by atoms with van der Waals surface area (Å²) in [6.07, 6.45) is 0. The van der Waals surface area contributed by atoms with E-state index < -0.39 is 0 Å². The highest BCUT2D eigenvalue weighted by Crippen LogP contribution is 2.30. The average molecular weight is 371 g/mol. The van der Waals surface area contributed by atoms with Gasteiger partial charge in [-0.05, 0) is 37.7 Å². The van der Waals surface area contributed by atoms with Crippen molar-refractivity contribution in [2.75, 3.05) is 39.8 Å². The van der Waals surface area contributed by atoms with Gasteiger partial charge in [-0.15, -0.1) is 0 Å². The zero-order valence-electron chi connectivity index (χ0n) is 15.5. The first kappa shape index (κ1) is 18.7. The number of ether oxygens (including phenoxy) is 2. The molecular formula is C21H26N2O2S. The first-order valence-electron chi connectivity index (χ1n) is 9.08. The highest BCUT2D eigenvalue weighted by atomic mass is 32.1. The van der Waals surface area contributed by atoms with Crippen molar-refractivity contribution in [2.45, 2.75) is 13.5 Å². The Labute approximate surface area is 161 Å². The molecule has 1 heterocycles. The largest absolute Gasteiger partial charge is 0.490 e. The van der Waals surface area contributed by atoms with Crippen molar-refractivity contribution in [3.05, 3.63) is 59.7 Å². The van der Waals surface area contributed by atoms with Gasteiger partial charge in [-0.2, -0.15) is 0 Å². The lowest BCUT2D eigenvalue weighted by atomic mass is 10.1. The fourth-order valence-corrected chi connectivity index (χ4v) is 3.27. The zero-order valence-corrected chi connectivity index (χ0v) is 16.3. The molecule has 1 aliphatic heterocycles. The van der Waals surface area contributed by atoms with Crippen LogP contribution < -0.4 is 9.47 Å². The molecule has 1 fully saturated rings. The molecule has 0 aliphatic carbocycles. The normalized spacial score (nSPS) is 14.9. The Hall–Kier alpha value is -2.11. The predicted octanol–water partition coefficient (Wildman–Crippen LogP) is 3.59. The minimum absolute atomic E-state index is 0.517. The standard InChI is InChI=1S/C21H26N2O2S/c1-3-24-20-15-18(21(26)23-13-11-22(2)12-14-23)9-10-19(20)25-16-17-7-5-4-6-8-17/h4-10,15H,3,11-14,16H2,1-2H3. The number of piperazine rings is 1. The van der Waals surface area contributed by atoms with Crippen LogP contribution in [0.3, 0.4) is 0 Å². The predicted molar refractivity (Wildman–Crippen MR) is 109 cm³/mol. The number of nitrogens with zero attached hydrogens (tertiary/aromatic N) is 2. The van der Waals surface area contributed by atoms with Crippen molar-refractivity contribution in [1.82, 2.24) is 9.80 Å². The summed E-state index contributed by atoms with van der Waals surface area (Å²) in [6.45, 7) is 7.09.